The third-order valence-electron chi connectivity index (χ3n) is 4.63. The van der Waals surface area contributed by atoms with Crippen LogP contribution in [0.4, 0.5) is 0 Å². The van der Waals surface area contributed by atoms with E-state index in [1.807, 2.05) is 5.43 Å². The van der Waals surface area contributed by atoms with Crippen LogP contribution in [0.1, 0.15) is 103 Å². The smallest absolute Gasteiger partial charge is 0.307 e. The summed E-state index contributed by atoms with van der Waals surface area (Å²) in [5.41, 5.74) is 7.41. The summed E-state index contributed by atoms with van der Waals surface area (Å²) in [6.07, 6.45) is 17.9. The number of hydrazine groups is 1. The molecule has 1 atom stereocenters. The Hall–Kier alpha value is -1.14. The maximum Gasteiger partial charge on any atom is 0.307 e. The summed E-state index contributed by atoms with van der Waals surface area (Å²) in [5.74, 6) is 3.95. The van der Waals surface area contributed by atoms with E-state index in [1.54, 1.807) is 0 Å². The van der Waals surface area contributed by atoms with E-state index >= 15 is 0 Å². The molecule has 0 heterocycles. The van der Waals surface area contributed by atoms with Crippen molar-refractivity contribution in [2.24, 2.45) is 11.6 Å². The predicted molar refractivity (Wildman–Crippen MR) is 106 cm³/mol. The maximum absolute atomic E-state index is 11.5. The summed E-state index contributed by atoms with van der Waals surface area (Å²) in [6, 6.07) is -0.941. The molecule has 0 aromatic rings. The molecule has 0 spiro atoms. The van der Waals surface area contributed by atoms with Gasteiger partial charge in [0.2, 0.25) is 0 Å². The van der Waals surface area contributed by atoms with Crippen LogP contribution in [0.15, 0.2) is 0 Å². The van der Waals surface area contributed by atoms with Gasteiger partial charge in [-0.25, -0.2) is 5.84 Å². The molecule has 0 aliphatic heterocycles. The van der Waals surface area contributed by atoms with Crippen molar-refractivity contribution in [3.8, 4) is 0 Å². The van der Waals surface area contributed by atoms with Gasteiger partial charge in [-0.3, -0.25) is 15.0 Å². The quantitative estimate of drug-likeness (QED) is 0.112. The lowest BCUT2D eigenvalue weighted by Gasteiger charge is -2.09. The minimum absolute atomic E-state index is 0.137. The number of unbranched alkanes of at least 4 members (excludes halogenated alkanes) is 13. The number of nitrogens with one attached hydrogen (secondary N) is 1. The molecule has 5 N–H and O–H groups in total. The van der Waals surface area contributed by atoms with Gasteiger partial charge in [0, 0.05) is 0 Å². The molecule has 154 valence electrons. The van der Waals surface area contributed by atoms with Crippen LogP contribution in [0, 0.1) is 0 Å². The first kappa shape index (κ1) is 24.9. The molecule has 0 rings (SSSR count). The van der Waals surface area contributed by atoms with E-state index < -0.39 is 17.9 Å². The van der Waals surface area contributed by atoms with Crippen LogP contribution >= 0.6 is 0 Å². The van der Waals surface area contributed by atoms with Crippen molar-refractivity contribution in [3.63, 3.8) is 0 Å². The van der Waals surface area contributed by atoms with Gasteiger partial charge in [-0.15, -0.1) is 0 Å². The highest BCUT2D eigenvalue weighted by molar-refractivity contribution is 5.85. The zero-order valence-corrected chi connectivity index (χ0v) is 16.8. The molecular weight excluding hydrogens is 330 g/mol. The number of hydrogen-bond donors (Lipinski definition) is 3. The number of nitrogens with two attached hydrogens (primary N) is 2. The molecule has 6 heteroatoms. The van der Waals surface area contributed by atoms with Gasteiger partial charge in [0.05, 0.1) is 19.1 Å². The second kappa shape index (κ2) is 18.6. The highest BCUT2D eigenvalue weighted by Gasteiger charge is 2.17. The summed E-state index contributed by atoms with van der Waals surface area (Å²) in [5, 5.41) is 0. The third-order valence-corrected chi connectivity index (χ3v) is 4.63. The van der Waals surface area contributed by atoms with Crippen molar-refractivity contribution in [2.75, 3.05) is 6.61 Å². The van der Waals surface area contributed by atoms with Gasteiger partial charge in [-0.1, -0.05) is 90.4 Å². The standard InChI is InChI=1S/C20H41N3O3/c1-2-3-4-5-6-7-8-9-10-11-12-13-14-15-16-26-19(24)17-18(21)20(25)23-22/h18H,2-17,21-22H2,1H3,(H,23,25)/t18-/m0/s1. The Morgan fingerprint density at radius 3 is 1.65 bits per heavy atom. The summed E-state index contributed by atoms with van der Waals surface area (Å²) < 4.78 is 5.07. The van der Waals surface area contributed by atoms with E-state index in [2.05, 4.69) is 6.92 Å². The van der Waals surface area contributed by atoms with E-state index in [9.17, 15) is 9.59 Å². The lowest BCUT2D eigenvalue weighted by atomic mass is 10.0. The molecule has 0 saturated carbocycles. The Morgan fingerprint density at radius 2 is 1.23 bits per heavy atom. The topological polar surface area (TPSA) is 107 Å². The second-order valence-electron chi connectivity index (χ2n) is 7.14. The molecule has 0 aliphatic rings. The lowest BCUT2D eigenvalue weighted by molar-refractivity contribution is -0.145. The molecule has 6 nitrogen and oxygen atoms in total. The van der Waals surface area contributed by atoms with E-state index in [1.165, 1.54) is 77.0 Å². The Labute approximate surface area is 159 Å². The first-order chi connectivity index (χ1) is 12.6. The monoisotopic (exact) mass is 371 g/mol. The van der Waals surface area contributed by atoms with Crippen LogP contribution in [-0.4, -0.2) is 24.5 Å². The summed E-state index contributed by atoms with van der Waals surface area (Å²) in [6.45, 7) is 2.65. The normalized spacial score (nSPS) is 12.0. The molecular formula is C20H41N3O3. The van der Waals surface area contributed by atoms with Gasteiger partial charge in [0.1, 0.15) is 0 Å². The molecule has 0 bridgehead atoms. The molecule has 0 fully saturated rings. The van der Waals surface area contributed by atoms with E-state index in [0.29, 0.717) is 6.61 Å². The number of ether oxygens (including phenoxy) is 1. The van der Waals surface area contributed by atoms with Gasteiger partial charge < -0.3 is 10.5 Å². The highest BCUT2D eigenvalue weighted by atomic mass is 16.5. The zero-order valence-electron chi connectivity index (χ0n) is 16.8. The molecule has 0 aromatic carbocycles. The number of rotatable bonds is 18. The van der Waals surface area contributed by atoms with Crippen LogP contribution in [0.2, 0.25) is 0 Å². The van der Waals surface area contributed by atoms with Crippen molar-refractivity contribution in [1.82, 2.24) is 5.43 Å². The first-order valence-electron chi connectivity index (χ1n) is 10.5. The minimum atomic E-state index is -0.941. The summed E-state index contributed by atoms with van der Waals surface area (Å²) in [4.78, 5) is 22.6. The summed E-state index contributed by atoms with van der Waals surface area (Å²) >= 11 is 0. The average molecular weight is 372 g/mol. The average Bonchev–Trinajstić information content (AvgIpc) is 2.64. The molecule has 1 amide bonds. The van der Waals surface area contributed by atoms with Crippen LogP contribution < -0.4 is 17.0 Å². The summed E-state index contributed by atoms with van der Waals surface area (Å²) in [7, 11) is 0. The Kier molecular flexibility index (Phi) is 17.8. The Bertz CT molecular complexity index is 351. The van der Waals surface area contributed by atoms with Gasteiger partial charge in [-0.2, -0.15) is 0 Å². The van der Waals surface area contributed by atoms with Gasteiger partial charge in [0.25, 0.3) is 5.91 Å². The van der Waals surface area contributed by atoms with E-state index in [4.69, 9.17) is 16.3 Å². The van der Waals surface area contributed by atoms with Gasteiger partial charge in [0.15, 0.2) is 0 Å². The van der Waals surface area contributed by atoms with E-state index in [0.717, 1.165) is 12.8 Å². The fourth-order valence-corrected chi connectivity index (χ4v) is 2.92. The molecule has 0 saturated heterocycles. The first-order valence-corrected chi connectivity index (χ1v) is 10.5. The lowest BCUT2D eigenvalue weighted by Crippen LogP contribution is -2.45. The minimum Gasteiger partial charge on any atom is -0.466 e. The SMILES string of the molecule is CCCCCCCCCCCCCCCCOC(=O)C[C@H](N)C(=O)NN. The van der Waals surface area contributed by atoms with Crippen LogP contribution in [0.5, 0.6) is 0 Å². The van der Waals surface area contributed by atoms with Crippen LogP contribution in [0.25, 0.3) is 0 Å². The Morgan fingerprint density at radius 1 is 0.808 bits per heavy atom. The van der Waals surface area contributed by atoms with E-state index in [-0.39, 0.29) is 6.42 Å². The fourth-order valence-electron chi connectivity index (χ4n) is 2.92. The van der Waals surface area contributed by atoms with Crippen LogP contribution in [0.3, 0.4) is 0 Å². The predicted octanol–water partition coefficient (Wildman–Crippen LogP) is 3.72. The second-order valence-corrected chi connectivity index (χ2v) is 7.14. The molecule has 0 aromatic heterocycles. The maximum atomic E-state index is 11.5. The molecule has 0 unspecified atom stereocenters. The highest BCUT2D eigenvalue weighted by Crippen LogP contribution is 2.13. The largest absolute Gasteiger partial charge is 0.466 e. The number of esters is 1. The van der Waals surface area contributed by atoms with Crippen molar-refractivity contribution < 1.29 is 14.3 Å². The number of carbonyl (C=O) groups excluding carboxylic acids is 2. The number of amides is 1. The van der Waals surface area contributed by atoms with Gasteiger partial charge >= 0.3 is 5.97 Å². The zero-order chi connectivity index (χ0) is 19.5. The van der Waals surface area contributed by atoms with Crippen molar-refractivity contribution in [2.45, 2.75) is 109 Å². The number of carbonyl (C=O) groups is 2. The fraction of sp³-hybridized carbons (Fsp3) is 0.900. The van der Waals surface area contributed by atoms with Crippen molar-refractivity contribution >= 4 is 11.9 Å². The molecule has 26 heavy (non-hydrogen) atoms. The Balaban J connectivity index is 3.24. The van der Waals surface area contributed by atoms with Crippen LogP contribution in [-0.2, 0) is 14.3 Å². The van der Waals surface area contributed by atoms with Crippen molar-refractivity contribution in [3.05, 3.63) is 0 Å². The molecule has 0 aliphatic carbocycles. The number of hydrogen-bond acceptors (Lipinski definition) is 5. The molecule has 0 radical (unpaired) electrons. The van der Waals surface area contributed by atoms with Gasteiger partial charge in [-0.05, 0) is 6.42 Å². The third kappa shape index (κ3) is 16.3. The van der Waals surface area contributed by atoms with Crippen molar-refractivity contribution in [1.29, 1.82) is 0 Å².